The van der Waals surface area contributed by atoms with Crippen molar-refractivity contribution in [1.82, 2.24) is 10.3 Å². The molecule has 1 aliphatic heterocycles. The third-order valence-corrected chi connectivity index (χ3v) is 4.07. The molecule has 0 radical (unpaired) electrons. The lowest BCUT2D eigenvalue weighted by Gasteiger charge is -2.26. The number of hydrogen-bond donors (Lipinski definition) is 1. The molecule has 0 amide bonds. The van der Waals surface area contributed by atoms with E-state index in [0.29, 0.717) is 6.04 Å². The SMILES string of the molecule is Brc1ccc(N2CCCC2CNC2CC2)nc1. The minimum absolute atomic E-state index is 0.629. The first-order chi connectivity index (χ1) is 8.33. The number of nitrogens with zero attached hydrogens (tertiary/aromatic N) is 2. The van der Waals surface area contributed by atoms with Gasteiger partial charge in [0, 0.05) is 35.8 Å². The molecule has 1 aromatic rings. The van der Waals surface area contributed by atoms with Gasteiger partial charge in [0.1, 0.15) is 5.82 Å². The molecule has 4 heteroatoms. The van der Waals surface area contributed by atoms with Crippen LogP contribution in [0.5, 0.6) is 0 Å². The molecule has 2 heterocycles. The van der Waals surface area contributed by atoms with E-state index >= 15 is 0 Å². The average Bonchev–Trinajstić information content (AvgIpc) is 3.06. The maximum absolute atomic E-state index is 4.50. The first-order valence-corrected chi connectivity index (χ1v) is 7.24. The maximum atomic E-state index is 4.50. The molecule has 1 aliphatic carbocycles. The first-order valence-electron chi connectivity index (χ1n) is 6.44. The van der Waals surface area contributed by atoms with Gasteiger partial charge in [-0.25, -0.2) is 4.98 Å². The number of rotatable bonds is 4. The molecule has 3 rings (SSSR count). The van der Waals surface area contributed by atoms with Crippen molar-refractivity contribution in [3.63, 3.8) is 0 Å². The average molecular weight is 296 g/mol. The molecule has 1 aromatic heterocycles. The van der Waals surface area contributed by atoms with Gasteiger partial charge >= 0.3 is 0 Å². The maximum Gasteiger partial charge on any atom is 0.128 e. The minimum atomic E-state index is 0.629. The number of anilines is 1. The molecule has 17 heavy (non-hydrogen) atoms. The van der Waals surface area contributed by atoms with Crippen LogP contribution in [-0.2, 0) is 0 Å². The monoisotopic (exact) mass is 295 g/mol. The van der Waals surface area contributed by atoms with Gasteiger partial charge in [0.15, 0.2) is 0 Å². The zero-order chi connectivity index (χ0) is 11.7. The second-order valence-electron chi connectivity index (χ2n) is 5.01. The molecule has 3 nitrogen and oxygen atoms in total. The van der Waals surface area contributed by atoms with Crippen LogP contribution < -0.4 is 10.2 Å². The van der Waals surface area contributed by atoms with Crippen molar-refractivity contribution < 1.29 is 0 Å². The Balaban J connectivity index is 1.65. The third kappa shape index (κ3) is 2.80. The fourth-order valence-electron chi connectivity index (χ4n) is 2.48. The van der Waals surface area contributed by atoms with Crippen molar-refractivity contribution in [2.45, 2.75) is 37.8 Å². The number of halogens is 1. The summed E-state index contributed by atoms with van der Waals surface area (Å²) in [7, 11) is 0. The Labute approximate surface area is 111 Å². The van der Waals surface area contributed by atoms with Crippen molar-refractivity contribution >= 4 is 21.7 Å². The molecule has 1 N–H and O–H groups in total. The van der Waals surface area contributed by atoms with E-state index in [-0.39, 0.29) is 0 Å². The summed E-state index contributed by atoms with van der Waals surface area (Å²) in [5.41, 5.74) is 0. The van der Waals surface area contributed by atoms with Crippen LogP contribution in [0.15, 0.2) is 22.8 Å². The molecule has 0 spiro atoms. The summed E-state index contributed by atoms with van der Waals surface area (Å²) >= 11 is 3.43. The van der Waals surface area contributed by atoms with E-state index in [1.54, 1.807) is 0 Å². The summed E-state index contributed by atoms with van der Waals surface area (Å²) in [4.78, 5) is 6.95. The van der Waals surface area contributed by atoms with Crippen molar-refractivity contribution in [3.05, 3.63) is 22.8 Å². The minimum Gasteiger partial charge on any atom is -0.352 e. The Morgan fingerprint density at radius 1 is 1.35 bits per heavy atom. The van der Waals surface area contributed by atoms with Crippen molar-refractivity contribution in [2.75, 3.05) is 18.0 Å². The van der Waals surface area contributed by atoms with Crippen molar-refractivity contribution in [1.29, 1.82) is 0 Å². The predicted octanol–water partition coefficient (Wildman–Crippen LogP) is 2.56. The number of nitrogens with one attached hydrogen (secondary N) is 1. The fraction of sp³-hybridized carbons (Fsp3) is 0.615. The Morgan fingerprint density at radius 2 is 2.24 bits per heavy atom. The third-order valence-electron chi connectivity index (χ3n) is 3.60. The smallest absolute Gasteiger partial charge is 0.128 e. The van der Waals surface area contributed by atoms with Crippen LogP contribution in [0.25, 0.3) is 0 Å². The largest absolute Gasteiger partial charge is 0.352 e. The molecule has 2 aliphatic rings. The Morgan fingerprint density at radius 3 is 2.94 bits per heavy atom. The van der Waals surface area contributed by atoms with Gasteiger partial charge in [-0.1, -0.05) is 0 Å². The molecule has 92 valence electrons. The van der Waals surface area contributed by atoms with Crippen LogP contribution in [-0.4, -0.2) is 30.2 Å². The molecular weight excluding hydrogens is 278 g/mol. The summed E-state index contributed by atoms with van der Waals surface area (Å²) in [5, 5.41) is 3.63. The van der Waals surface area contributed by atoms with Gasteiger partial charge in [0.25, 0.3) is 0 Å². The second kappa shape index (κ2) is 4.94. The molecule has 0 aromatic carbocycles. The van der Waals surface area contributed by atoms with E-state index in [1.807, 2.05) is 6.20 Å². The summed E-state index contributed by atoms with van der Waals surface area (Å²) in [6.45, 7) is 2.26. The quantitative estimate of drug-likeness (QED) is 0.925. The standard InChI is InChI=1S/C13H18BrN3/c14-10-3-6-13(16-8-10)17-7-1-2-12(17)9-15-11-4-5-11/h3,6,8,11-12,15H,1-2,4-5,7,9H2. The van der Waals surface area contributed by atoms with E-state index in [9.17, 15) is 0 Å². The van der Waals surface area contributed by atoms with E-state index in [0.717, 1.165) is 29.4 Å². The molecule has 1 saturated carbocycles. The Kier molecular flexibility index (Phi) is 3.34. The molecule has 1 atom stereocenters. The summed E-state index contributed by atoms with van der Waals surface area (Å²) < 4.78 is 1.05. The molecule has 1 unspecified atom stereocenters. The Bertz CT molecular complexity index is 375. The molecular formula is C13H18BrN3. The van der Waals surface area contributed by atoms with Crippen LogP contribution in [0.1, 0.15) is 25.7 Å². The lowest BCUT2D eigenvalue weighted by molar-refractivity contribution is 0.568. The van der Waals surface area contributed by atoms with Crippen molar-refractivity contribution in [2.24, 2.45) is 0 Å². The highest BCUT2D eigenvalue weighted by atomic mass is 79.9. The van der Waals surface area contributed by atoms with Gasteiger partial charge in [-0.3, -0.25) is 0 Å². The molecule has 0 bridgehead atoms. The molecule has 2 fully saturated rings. The highest BCUT2D eigenvalue weighted by Gasteiger charge is 2.28. The summed E-state index contributed by atoms with van der Waals surface area (Å²) in [5.74, 6) is 1.12. The van der Waals surface area contributed by atoms with E-state index in [4.69, 9.17) is 0 Å². The predicted molar refractivity (Wildman–Crippen MR) is 73.3 cm³/mol. The zero-order valence-corrected chi connectivity index (χ0v) is 11.5. The summed E-state index contributed by atoms with van der Waals surface area (Å²) in [6, 6.07) is 5.62. The van der Waals surface area contributed by atoms with Gasteiger partial charge in [0.05, 0.1) is 0 Å². The van der Waals surface area contributed by atoms with E-state index < -0.39 is 0 Å². The van der Waals surface area contributed by atoms with Gasteiger partial charge in [0.2, 0.25) is 0 Å². The fourth-order valence-corrected chi connectivity index (χ4v) is 2.71. The van der Waals surface area contributed by atoms with E-state index in [1.165, 1.54) is 25.7 Å². The first kappa shape index (κ1) is 11.5. The van der Waals surface area contributed by atoms with E-state index in [2.05, 4.69) is 43.3 Å². The van der Waals surface area contributed by atoms with Crippen LogP contribution in [0.3, 0.4) is 0 Å². The zero-order valence-electron chi connectivity index (χ0n) is 9.90. The number of pyridine rings is 1. The number of hydrogen-bond acceptors (Lipinski definition) is 3. The van der Waals surface area contributed by atoms with Crippen LogP contribution in [0.2, 0.25) is 0 Å². The highest BCUT2D eigenvalue weighted by molar-refractivity contribution is 9.10. The molecule has 1 saturated heterocycles. The lowest BCUT2D eigenvalue weighted by Crippen LogP contribution is -2.39. The normalized spacial score (nSPS) is 24.3. The van der Waals surface area contributed by atoms with Crippen LogP contribution in [0, 0.1) is 0 Å². The van der Waals surface area contributed by atoms with Gasteiger partial charge < -0.3 is 10.2 Å². The second-order valence-corrected chi connectivity index (χ2v) is 5.92. The lowest BCUT2D eigenvalue weighted by atomic mass is 10.2. The van der Waals surface area contributed by atoms with Gasteiger partial charge in [-0.05, 0) is 53.7 Å². The van der Waals surface area contributed by atoms with Gasteiger partial charge in [-0.15, -0.1) is 0 Å². The highest BCUT2D eigenvalue weighted by Crippen LogP contribution is 2.25. The van der Waals surface area contributed by atoms with Crippen LogP contribution in [0.4, 0.5) is 5.82 Å². The van der Waals surface area contributed by atoms with Crippen LogP contribution >= 0.6 is 15.9 Å². The van der Waals surface area contributed by atoms with Crippen molar-refractivity contribution in [3.8, 4) is 0 Å². The summed E-state index contributed by atoms with van der Waals surface area (Å²) in [6.07, 6.45) is 7.19. The Hall–Kier alpha value is -0.610. The number of aromatic nitrogens is 1. The van der Waals surface area contributed by atoms with Gasteiger partial charge in [-0.2, -0.15) is 0 Å². The topological polar surface area (TPSA) is 28.2 Å².